The first-order chi connectivity index (χ1) is 13.0. The van der Waals surface area contributed by atoms with Gasteiger partial charge in [-0.05, 0) is 35.9 Å². The van der Waals surface area contributed by atoms with E-state index in [0.717, 1.165) is 5.69 Å². The molecule has 1 aromatic heterocycles. The van der Waals surface area contributed by atoms with E-state index in [-0.39, 0.29) is 11.5 Å². The van der Waals surface area contributed by atoms with Crippen molar-refractivity contribution in [3.63, 3.8) is 0 Å². The molecule has 0 bridgehead atoms. The minimum Gasteiger partial charge on any atom is -0.496 e. The first kappa shape index (κ1) is 18.6. The molecule has 0 aliphatic heterocycles. The lowest BCUT2D eigenvalue weighted by atomic mass is 9.99. The maximum absolute atomic E-state index is 12.8. The minimum atomic E-state index is -1.02. The van der Waals surface area contributed by atoms with Crippen molar-refractivity contribution in [2.45, 2.75) is 6.54 Å². The molecule has 0 spiro atoms. The summed E-state index contributed by atoms with van der Waals surface area (Å²) in [6.45, 7) is 0.421. The highest BCUT2D eigenvalue weighted by molar-refractivity contribution is 7.07. The molecule has 138 valence electrons. The fraction of sp³-hybridized carbons (Fsp3) is 0.150. The summed E-state index contributed by atoms with van der Waals surface area (Å²) in [5.41, 5.74) is 4.56. The Bertz CT molecular complexity index is 970. The van der Waals surface area contributed by atoms with Gasteiger partial charge in [-0.1, -0.05) is 12.1 Å². The number of ether oxygens (including phenoxy) is 1. The van der Waals surface area contributed by atoms with Crippen molar-refractivity contribution in [2.75, 3.05) is 14.2 Å². The summed E-state index contributed by atoms with van der Waals surface area (Å²) in [5, 5.41) is 11.2. The molecule has 2 aromatic carbocycles. The van der Waals surface area contributed by atoms with Crippen LogP contribution in [0.25, 0.3) is 11.1 Å². The van der Waals surface area contributed by atoms with Gasteiger partial charge in [0.2, 0.25) is 0 Å². The van der Waals surface area contributed by atoms with Crippen LogP contribution in [0.15, 0.2) is 53.4 Å². The molecule has 3 rings (SSSR count). The third kappa shape index (κ3) is 4.15. The van der Waals surface area contributed by atoms with Crippen LogP contribution in [0.4, 0.5) is 0 Å². The Balaban J connectivity index is 1.92. The molecule has 0 saturated heterocycles. The van der Waals surface area contributed by atoms with Crippen molar-refractivity contribution in [3.05, 3.63) is 70.2 Å². The largest absolute Gasteiger partial charge is 0.496 e. The number of nitrogens with zero attached hydrogens (tertiary/aromatic N) is 2. The molecule has 0 radical (unpaired) electrons. The summed E-state index contributed by atoms with van der Waals surface area (Å²) in [6.07, 6.45) is 0. The molecule has 0 unspecified atom stereocenters. The topological polar surface area (TPSA) is 79.7 Å². The van der Waals surface area contributed by atoms with Gasteiger partial charge in [-0.15, -0.1) is 11.3 Å². The van der Waals surface area contributed by atoms with Crippen LogP contribution in [0.3, 0.4) is 0 Å². The van der Waals surface area contributed by atoms with Gasteiger partial charge in [0.25, 0.3) is 5.91 Å². The van der Waals surface area contributed by atoms with Crippen LogP contribution in [-0.4, -0.2) is 41.0 Å². The Morgan fingerprint density at radius 2 is 2.00 bits per heavy atom. The molecule has 3 aromatic rings. The molecule has 6 nitrogen and oxygen atoms in total. The van der Waals surface area contributed by atoms with E-state index in [1.165, 1.54) is 24.5 Å². The number of methoxy groups -OCH3 is 1. The second-order valence-corrected chi connectivity index (χ2v) is 6.66. The van der Waals surface area contributed by atoms with Gasteiger partial charge < -0.3 is 14.7 Å². The Morgan fingerprint density at radius 3 is 2.67 bits per heavy atom. The lowest BCUT2D eigenvalue weighted by Crippen LogP contribution is -2.26. The third-order valence-electron chi connectivity index (χ3n) is 4.10. The molecule has 0 saturated carbocycles. The van der Waals surface area contributed by atoms with E-state index in [2.05, 4.69) is 4.98 Å². The average molecular weight is 382 g/mol. The number of carboxylic acid groups (broad SMARTS) is 1. The number of thiazole rings is 1. The predicted octanol–water partition coefficient (Wildman–Crippen LogP) is 3.79. The smallest absolute Gasteiger partial charge is 0.335 e. The van der Waals surface area contributed by atoms with E-state index < -0.39 is 5.97 Å². The summed E-state index contributed by atoms with van der Waals surface area (Å²) < 4.78 is 5.36. The number of aromatic nitrogens is 1. The number of carboxylic acids is 1. The zero-order valence-corrected chi connectivity index (χ0v) is 15.7. The number of aromatic carboxylic acids is 1. The van der Waals surface area contributed by atoms with Crippen molar-refractivity contribution in [2.24, 2.45) is 0 Å². The van der Waals surface area contributed by atoms with Gasteiger partial charge in [0.1, 0.15) is 5.75 Å². The van der Waals surface area contributed by atoms with E-state index in [0.29, 0.717) is 29.0 Å². The standard InChI is InChI=1S/C20H18N2O4S/c1-22(10-16-11-27-12-21-16)19(23)14-5-3-4-13(8-14)17-9-15(20(24)25)6-7-18(17)26-2/h3-9,11-12H,10H2,1-2H3,(H,24,25). The van der Waals surface area contributed by atoms with Gasteiger partial charge in [-0.25, -0.2) is 9.78 Å². The van der Waals surface area contributed by atoms with Crippen LogP contribution in [0, 0.1) is 0 Å². The van der Waals surface area contributed by atoms with Crippen LogP contribution in [0.5, 0.6) is 5.75 Å². The summed E-state index contributed by atoms with van der Waals surface area (Å²) >= 11 is 1.49. The molecule has 1 amide bonds. The Hall–Kier alpha value is -3.19. The second kappa shape index (κ2) is 8.01. The molecule has 0 fully saturated rings. The Labute approximate surface area is 160 Å². The van der Waals surface area contributed by atoms with E-state index in [4.69, 9.17) is 4.74 Å². The van der Waals surface area contributed by atoms with Gasteiger partial charge in [-0.2, -0.15) is 0 Å². The molecular weight excluding hydrogens is 364 g/mol. The molecule has 1 heterocycles. The minimum absolute atomic E-state index is 0.141. The summed E-state index contributed by atoms with van der Waals surface area (Å²) in [7, 11) is 3.25. The van der Waals surface area contributed by atoms with Gasteiger partial charge in [0, 0.05) is 23.6 Å². The highest BCUT2D eigenvalue weighted by Gasteiger charge is 2.16. The molecule has 27 heavy (non-hydrogen) atoms. The van der Waals surface area contributed by atoms with Crippen LogP contribution in [0.2, 0.25) is 0 Å². The number of carbonyl (C=O) groups excluding carboxylic acids is 1. The van der Waals surface area contributed by atoms with Crippen molar-refractivity contribution >= 4 is 23.2 Å². The van der Waals surface area contributed by atoms with Gasteiger partial charge in [0.05, 0.1) is 30.4 Å². The SMILES string of the molecule is COc1ccc(C(=O)O)cc1-c1cccc(C(=O)N(C)Cc2cscn2)c1. The van der Waals surface area contributed by atoms with Crippen LogP contribution >= 0.6 is 11.3 Å². The van der Waals surface area contributed by atoms with Crippen molar-refractivity contribution < 1.29 is 19.4 Å². The molecular formula is C20H18N2O4S. The third-order valence-corrected chi connectivity index (χ3v) is 4.73. The lowest BCUT2D eigenvalue weighted by Gasteiger charge is -2.17. The normalized spacial score (nSPS) is 10.4. The maximum Gasteiger partial charge on any atom is 0.335 e. The predicted molar refractivity (Wildman–Crippen MR) is 103 cm³/mol. The highest BCUT2D eigenvalue weighted by atomic mass is 32.1. The first-order valence-corrected chi connectivity index (χ1v) is 9.08. The van der Waals surface area contributed by atoms with Crippen LogP contribution in [-0.2, 0) is 6.54 Å². The quantitative estimate of drug-likeness (QED) is 0.702. The van der Waals surface area contributed by atoms with Gasteiger partial charge in [0.15, 0.2) is 0 Å². The molecule has 1 N–H and O–H groups in total. The highest BCUT2D eigenvalue weighted by Crippen LogP contribution is 2.31. The van der Waals surface area contributed by atoms with Crippen molar-refractivity contribution in [1.82, 2.24) is 9.88 Å². The zero-order valence-electron chi connectivity index (χ0n) is 14.9. The molecule has 0 atom stereocenters. The number of amides is 1. The second-order valence-electron chi connectivity index (χ2n) is 5.94. The number of hydrogen-bond acceptors (Lipinski definition) is 5. The number of benzene rings is 2. The van der Waals surface area contributed by atoms with E-state index in [1.54, 1.807) is 47.8 Å². The fourth-order valence-electron chi connectivity index (χ4n) is 2.74. The monoisotopic (exact) mass is 382 g/mol. The molecule has 0 aliphatic carbocycles. The number of carbonyl (C=O) groups is 2. The van der Waals surface area contributed by atoms with Gasteiger partial charge in [-0.3, -0.25) is 4.79 Å². The maximum atomic E-state index is 12.8. The van der Waals surface area contributed by atoms with Crippen molar-refractivity contribution in [3.8, 4) is 16.9 Å². The van der Waals surface area contributed by atoms with Crippen LogP contribution in [0.1, 0.15) is 26.4 Å². The molecule has 0 aliphatic rings. The van der Waals surface area contributed by atoms with E-state index in [9.17, 15) is 14.7 Å². The summed E-state index contributed by atoms with van der Waals surface area (Å²) in [6, 6.07) is 11.7. The Kier molecular flexibility index (Phi) is 5.52. The fourth-order valence-corrected chi connectivity index (χ4v) is 3.29. The number of rotatable bonds is 6. The van der Waals surface area contributed by atoms with E-state index >= 15 is 0 Å². The summed E-state index contributed by atoms with van der Waals surface area (Å²) in [5.74, 6) is -0.618. The number of hydrogen-bond donors (Lipinski definition) is 1. The zero-order chi connectivity index (χ0) is 19.4. The van der Waals surface area contributed by atoms with E-state index in [1.807, 2.05) is 11.4 Å². The summed E-state index contributed by atoms with van der Waals surface area (Å²) in [4.78, 5) is 29.8. The Morgan fingerprint density at radius 1 is 1.19 bits per heavy atom. The lowest BCUT2D eigenvalue weighted by molar-refractivity contribution is 0.0696. The van der Waals surface area contributed by atoms with Gasteiger partial charge >= 0.3 is 5.97 Å². The first-order valence-electron chi connectivity index (χ1n) is 8.14. The molecule has 7 heteroatoms. The van der Waals surface area contributed by atoms with Crippen LogP contribution < -0.4 is 4.74 Å². The van der Waals surface area contributed by atoms with Crippen molar-refractivity contribution in [1.29, 1.82) is 0 Å². The average Bonchev–Trinajstić information content (AvgIpc) is 3.19.